The van der Waals surface area contributed by atoms with Crippen molar-refractivity contribution in [1.82, 2.24) is 4.90 Å². The van der Waals surface area contributed by atoms with Crippen LogP contribution in [0.5, 0.6) is 0 Å². The third kappa shape index (κ3) is 3.68. The first kappa shape index (κ1) is 12.8. The van der Waals surface area contributed by atoms with Gasteiger partial charge >= 0.3 is 0 Å². The SMILES string of the molecule is CN1CCCC(Nc2ccc(Br)cc2F)CC1. The van der Waals surface area contributed by atoms with E-state index in [-0.39, 0.29) is 5.82 Å². The van der Waals surface area contributed by atoms with Crippen LogP contribution in [0.3, 0.4) is 0 Å². The van der Waals surface area contributed by atoms with Gasteiger partial charge in [0.05, 0.1) is 5.69 Å². The molecule has 0 amide bonds. The van der Waals surface area contributed by atoms with Gasteiger partial charge in [-0.05, 0) is 57.6 Å². The number of hydrogen-bond donors (Lipinski definition) is 1. The summed E-state index contributed by atoms with van der Waals surface area (Å²) in [7, 11) is 2.14. The van der Waals surface area contributed by atoms with Gasteiger partial charge in [0.25, 0.3) is 0 Å². The number of benzene rings is 1. The van der Waals surface area contributed by atoms with Gasteiger partial charge in [0.2, 0.25) is 0 Å². The average molecular weight is 301 g/mol. The fourth-order valence-corrected chi connectivity index (χ4v) is 2.54. The maximum absolute atomic E-state index is 13.7. The first-order valence-corrected chi connectivity index (χ1v) is 6.84. The highest BCUT2D eigenvalue weighted by Crippen LogP contribution is 2.22. The zero-order valence-electron chi connectivity index (χ0n) is 10.0. The molecule has 1 aromatic rings. The lowest BCUT2D eigenvalue weighted by Gasteiger charge is -2.18. The monoisotopic (exact) mass is 300 g/mol. The summed E-state index contributed by atoms with van der Waals surface area (Å²) in [5.74, 6) is -0.183. The second kappa shape index (κ2) is 5.83. The minimum absolute atomic E-state index is 0.183. The number of likely N-dealkylation sites (tertiary alicyclic amines) is 1. The van der Waals surface area contributed by atoms with E-state index in [2.05, 4.69) is 33.2 Å². The molecule has 1 aliphatic heterocycles. The maximum atomic E-state index is 13.7. The summed E-state index contributed by atoms with van der Waals surface area (Å²) in [6.07, 6.45) is 3.36. The molecular weight excluding hydrogens is 283 g/mol. The summed E-state index contributed by atoms with van der Waals surface area (Å²) in [5.41, 5.74) is 0.614. The van der Waals surface area contributed by atoms with Crippen molar-refractivity contribution in [2.45, 2.75) is 25.3 Å². The summed E-state index contributed by atoms with van der Waals surface area (Å²) >= 11 is 3.27. The van der Waals surface area contributed by atoms with Gasteiger partial charge in [0.15, 0.2) is 0 Å². The standard InChI is InChI=1S/C13H18BrFN2/c1-17-7-2-3-11(6-8-17)16-13-5-4-10(14)9-12(13)15/h4-5,9,11,16H,2-3,6-8H2,1H3. The Balaban J connectivity index is 2.00. The third-order valence-electron chi connectivity index (χ3n) is 3.24. The number of nitrogens with zero attached hydrogens (tertiary/aromatic N) is 1. The van der Waals surface area contributed by atoms with Crippen molar-refractivity contribution < 1.29 is 4.39 Å². The quantitative estimate of drug-likeness (QED) is 0.899. The molecule has 1 aromatic carbocycles. The van der Waals surface area contributed by atoms with Gasteiger partial charge in [0.1, 0.15) is 5.82 Å². The fourth-order valence-electron chi connectivity index (χ4n) is 2.21. The van der Waals surface area contributed by atoms with E-state index in [1.165, 1.54) is 12.5 Å². The Bertz CT molecular complexity index is 384. The molecule has 0 spiro atoms. The van der Waals surface area contributed by atoms with Crippen LogP contribution in [0, 0.1) is 5.82 Å². The van der Waals surface area contributed by atoms with Crippen molar-refractivity contribution in [2.75, 3.05) is 25.5 Å². The molecule has 4 heteroatoms. The normalized spacial score (nSPS) is 22.2. The van der Waals surface area contributed by atoms with E-state index < -0.39 is 0 Å². The molecule has 1 saturated heterocycles. The molecule has 0 radical (unpaired) electrons. The topological polar surface area (TPSA) is 15.3 Å². The lowest BCUT2D eigenvalue weighted by Crippen LogP contribution is -2.23. The Labute approximate surface area is 110 Å². The molecule has 94 valence electrons. The van der Waals surface area contributed by atoms with E-state index in [1.54, 1.807) is 6.07 Å². The lowest BCUT2D eigenvalue weighted by atomic mass is 10.1. The van der Waals surface area contributed by atoms with Crippen LogP contribution < -0.4 is 5.32 Å². The van der Waals surface area contributed by atoms with Crippen LogP contribution in [0.15, 0.2) is 22.7 Å². The van der Waals surface area contributed by atoms with E-state index in [1.807, 2.05) is 6.07 Å². The maximum Gasteiger partial charge on any atom is 0.147 e. The summed E-state index contributed by atoms with van der Waals surface area (Å²) in [6, 6.07) is 5.56. The molecule has 1 N–H and O–H groups in total. The Kier molecular flexibility index (Phi) is 4.40. The number of nitrogens with one attached hydrogen (secondary N) is 1. The minimum atomic E-state index is -0.183. The number of rotatable bonds is 2. The smallest absolute Gasteiger partial charge is 0.147 e. The van der Waals surface area contributed by atoms with E-state index in [0.717, 1.165) is 30.4 Å². The Morgan fingerprint density at radius 2 is 2.18 bits per heavy atom. The molecule has 0 aliphatic carbocycles. The first-order chi connectivity index (χ1) is 8.15. The molecule has 17 heavy (non-hydrogen) atoms. The molecule has 0 aromatic heterocycles. The second-order valence-electron chi connectivity index (χ2n) is 4.70. The van der Waals surface area contributed by atoms with Crippen molar-refractivity contribution in [3.8, 4) is 0 Å². The van der Waals surface area contributed by atoms with E-state index >= 15 is 0 Å². The van der Waals surface area contributed by atoms with Crippen molar-refractivity contribution in [2.24, 2.45) is 0 Å². The molecule has 2 nitrogen and oxygen atoms in total. The predicted octanol–water partition coefficient (Wildman–Crippen LogP) is 3.48. The van der Waals surface area contributed by atoms with Crippen LogP contribution >= 0.6 is 15.9 Å². The van der Waals surface area contributed by atoms with Gasteiger partial charge in [-0.1, -0.05) is 15.9 Å². The summed E-state index contributed by atoms with van der Waals surface area (Å²) in [5, 5.41) is 3.31. The zero-order chi connectivity index (χ0) is 12.3. The van der Waals surface area contributed by atoms with E-state index in [0.29, 0.717) is 11.7 Å². The van der Waals surface area contributed by atoms with Gasteiger partial charge in [-0.3, -0.25) is 0 Å². The number of anilines is 1. The van der Waals surface area contributed by atoms with E-state index in [9.17, 15) is 4.39 Å². The van der Waals surface area contributed by atoms with Crippen LogP contribution in [0.2, 0.25) is 0 Å². The van der Waals surface area contributed by atoms with Crippen molar-refractivity contribution in [3.05, 3.63) is 28.5 Å². The Morgan fingerprint density at radius 3 is 2.94 bits per heavy atom. The first-order valence-electron chi connectivity index (χ1n) is 6.05. The van der Waals surface area contributed by atoms with Crippen LogP contribution in [-0.4, -0.2) is 31.1 Å². The summed E-state index contributed by atoms with van der Waals surface area (Å²) < 4.78 is 14.5. The van der Waals surface area contributed by atoms with Crippen molar-refractivity contribution in [3.63, 3.8) is 0 Å². The van der Waals surface area contributed by atoms with Crippen LogP contribution in [0.25, 0.3) is 0 Å². The molecule has 1 atom stereocenters. The minimum Gasteiger partial charge on any atom is -0.380 e. The molecule has 1 aliphatic rings. The highest BCUT2D eigenvalue weighted by Gasteiger charge is 2.15. The van der Waals surface area contributed by atoms with Gasteiger partial charge in [-0.2, -0.15) is 0 Å². The Morgan fingerprint density at radius 1 is 1.35 bits per heavy atom. The van der Waals surface area contributed by atoms with Gasteiger partial charge in [-0.25, -0.2) is 4.39 Å². The zero-order valence-corrected chi connectivity index (χ0v) is 11.6. The van der Waals surface area contributed by atoms with Crippen molar-refractivity contribution in [1.29, 1.82) is 0 Å². The van der Waals surface area contributed by atoms with Gasteiger partial charge in [-0.15, -0.1) is 0 Å². The average Bonchev–Trinajstić information content (AvgIpc) is 2.48. The number of hydrogen-bond acceptors (Lipinski definition) is 2. The fraction of sp³-hybridized carbons (Fsp3) is 0.538. The predicted molar refractivity (Wildman–Crippen MR) is 72.9 cm³/mol. The molecule has 1 unspecified atom stereocenters. The lowest BCUT2D eigenvalue weighted by molar-refractivity contribution is 0.348. The Hall–Kier alpha value is -0.610. The second-order valence-corrected chi connectivity index (χ2v) is 5.62. The molecular formula is C13H18BrFN2. The number of halogens is 2. The highest BCUT2D eigenvalue weighted by atomic mass is 79.9. The largest absolute Gasteiger partial charge is 0.380 e. The van der Waals surface area contributed by atoms with Crippen LogP contribution in [0.1, 0.15) is 19.3 Å². The molecule has 0 saturated carbocycles. The molecule has 0 bridgehead atoms. The van der Waals surface area contributed by atoms with Gasteiger partial charge in [0, 0.05) is 10.5 Å². The van der Waals surface area contributed by atoms with Crippen LogP contribution in [0.4, 0.5) is 10.1 Å². The highest BCUT2D eigenvalue weighted by molar-refractivity contribution is 9.10. The van der Waals surface area contributed by atoms with Crippen molar-refractivity contribution >= 4 is 21.6 Å². The molecule has 2 rings (SSSR count). The molecule has 1 heterocycles. The van der Waals surface area contributed by atoms with Crippen LogP contribution in [-0.2, 0) is 0 Å². The molecule has 1 fully saturated rings. The summed E-state index contributed by atoms with van der Waals surface area (Å²) in [4.78, 5) is 2.33. The van der Waals surface area contributed by atoms with Gasteiger partial charge < -0.3 is 10.2 Å². The van der Waals surface area contributed by atoms with E-state index in [4.69, 9.17) is 0 Å². The third-order valence-corrected chi connectivity index (χ3v) is 3.74. The summed E-state index contributed by atoms with van der Waals surface area (Å²) in [6.45, 7) is 2.22.